The fourth-order valence-corrected chi connectivity index (χ4v) is 6.17. The molecule has 2 fully saturated rings. The van der Waals surface area contributed by atoms with Gasteiger partial charge in [0.2, 0.25) is 0 Å². The van der Waals surface area contributed by atoms with Crippen LogP contribution in [0.15, 0.2) is 72.8 Å². The predicted octanol–water partition coefficient (Wildman–Crippen LogP) is 5.17. The second kappa shape index (κ2) is 10.7. The van der Waals surface area contributed by atoms with E-state index in [4.69, 9.17) is 14.2 Å². The van der Waals surface area contributed by atoms with E-state index in [0.717, 1.165) is 41.5 Å². The highest BCUT2D eigenvalue weighted by atomic mass is 16.5. The van der Waals surface area contributed by atoms with Crippen molar-refractivity contribution in [3.05, 3.63) is 95.1 Å². The molecule has 1 aliphatic heterocycles. The Morgan fingerprint density at radius 2 is 1.74 bits per heavy atom. The van der Waals surface area contributed by atoms with Crippen LogP contribution in [0.5, 0.6) is 11.5 Å². The zero-order valence-electron chi connectivity index (χ0n) is 22.0. The van der Waals surface area contributed by atoms with Crippen molar-refractivity contribution < 1.29 is 28.9 Å². The number of benzene rings is 3. The van der Waals surface area contributed by atoms with E-state index in [1.807, 2.05) is 72.8 Å². The average molecular weight is 528 g/mol. The summed E-state index contributed by atoms with van der Waals surface area (Å²) in [4.78, 5) is 28.2. The van der Waals surface area contributed by atoms with E-state index >= 15 is 0 Å². The van der Waals surface area contributed by atoms with Gasteiger partial charge in [0.1, 0.15) is 12.6 Å². The predicted molar refractivity (Wildman–Crippen MR) is 144 cm³/mol. The Bertz CT molecular complexity index is 1340. The number of hydrogen-bond acceptors (Lipinski definition) is 5. The molecule has 0 radical (unpaired) electrons. The van der Waals surface area contributed by atoms with Gasteiger partial charge in [-0.15, -0.1) is 0 Å². The standard InChI is InChI=1S/C32H33NO6/c1-37-28-15-13-23-18-33(26(32(35)36)17-25(23)30(28)38-19-20-8-4-2-5-9-20)31(34)29(21-10-6-3-7-11-21)39-27-14-12-22-16-24(22)27/h2-11,13,15,22,24,26-27,29H,12,14,16-19H2,1H3,(H,35,36). The number of fused-ring (bicyclic) bond motifs is 2. The first-order valence-electron chi connectivity index (χ1n) is 13.6. The van der Waals surface area contributed by atoms with Crippen LogP contribution in [0, 0.1) is 11.8 Å². The summed E-state index contributed by atoms with van der Waals surface area (Å²) >= 11 is 0. The number of carboxylic acid groups (broad SMARTS) is 1. The topological polar surface area (TPSA) is 85.3 Å². The molecule has 1 heterocycles. The molecular formula is C32H33NO6. The third-order valence-corrected chi connectivity index (χ3v) is 8.36. The van der Waals surface area contributed by atoms with Gasteiger partial charge in [0.25, 0.3) is 5.91 Å². The first-order valence-corrected chi connectivity index (χ1v) is 13.6. The third kappa shape index (κ3) is 5.11. The summed E-state index contributed by atoms with van der Waals surface area (Å²) in [5.41, 5.74) is 3.35. The van der Waals surface area contributed by atoms with Gasteiger partial charge in [0.05, 0.1) is 13.2 Å². The molecule has 0 bridgehead atoms. The van der Waals surface area contributed by atoms with Crippen LogP contribution in [0.1, 0.15) is 47.6 Å². The Morgan fingerprint density at radius 3 is 2.38 bits per heavy atom. The van der Waals surface area contributed by atoms with Gasteiger partial charge in [0, 0.05) is 18.5 Å². The van der Waals surface area contributed by atoms with Crippen molar-refractivity contribution in [2.24, 2.45) is 11.8 Å². The summed E-state index contributed by atoms with van der Waals surface area (Å²) in [5, 5.41) is 10.3. The molecule has 3 aliphatic rings. The van der Waals surface area contributed by atoms with E-state index in [2.05, 4.69) is 0 Å². The molecule has 5 atom stereocenters. The van der Waals surface area contributed by atoms with Crippen LogP contribution < -0.4 is 9.47 Å². The zero-order valence-corrected chi connectivity index (χ0v) is 22.0. The lowest BCUT2D eigenvalue weighted by atomic mass is 9.91. The third-order valence-electron chi connectivity index (χ3n) is 8.36. The smallest absolute Gasteiger partial charge is 0.326 e. The molecule has 0 saturated heterocycles. The Balaban J connectivity index is 1.31. The van der Waals surface area contributed by atoms with Crippen LogP contribution in [0.2, 0.25) is 0 Å². The molecule has 202 valence electrons. The van der Waals surface area contributed by atoms with Gasteiger partial charge in [-0.2, -0.15) is 0 Å². The molecule has 3 aromatic carbocycles. The second-order valence-corrected chi connectivity index (χ2v) is 10.7. The molecule has 2 aliphatic carbocycles. The van der Waals surface area contributed by atoms with Gasteiger partial charge in [0.15, 0.2) is 17.6 Å². The van der Waals surface area contributed by atoms with Crippen molar-refractivity contribution >= 4 is 11.9 Å². The number of hydrogen-bond donors (Lipinski definition) is 1. The van der Waals surface area contributed by atoms with E-state index in [1.54, 1.807) is 7.11 Å². The molecule has 3 aromatic rings. The number of rotatable bonds is 9. The molecule has 1 amide bonds. The fourth-order valence-electron chi connectivity index (χ4n) is 6.17. The zero-order chi connectivity index (χ0) is 26.9. The highest BCUT2D eigenvalue weighted by Gasteiger charge is 2.50. The average Bonchev–Trinajstić information content (AvgIpc) is 3.65. The van der Waals surface area contributed by atoms with Gasteiger partial charge in [-0.25, -0.2) is 4.79 Å². The molecule has 7 nitrogen and oxygen atoms in total. The Labute approximate surface area is 228 Å². The quantitative estimate of drug-likeness (QED) is 0.413. The number of carboxylic acids is 1. The number of amides is 1. The summed E-state index contributed by atoms with van der Waals surface area (Å²) in [5.74, 6) is 0.919. The largest absolute Gasteiger partial charge is 0.493 e. The number of aliphatic carboxylic acids is 1. The molecule has 5 unspecified atom stereocenters. The van der Waals surface area contributed by atoms with Crippen molar-refractivity contribution in [1.29, 1.82) is 0 Å². The lowest BCUT2D eigenvalue weighted by Gasteiger charge is -2.38. The number of methoxy groups -OCH3 is 1. The highest BCUT2D eigenvalue weighted by molar-refractivity contribution is 5.88. The summed E-state index contributed by atoms with van der Waals surface area (Å²) in [7, 11) is 1.57. The maximum Gasteiger partial charge on any atom is 0.326 e. The Kier molecular flexibility index (Phi) is 7.00. The van der Waals surface area contributed by atoms with Crippen LogP contribution in [0.25, 0.3) is 0 Å². The first-order chi connectivity index (χ1) is 19.0. The molecule has 1 N–H and O–H groups in total. The van der Waals surface area contributed by atoms with Gasteiger partial charge >= 0.3 is 5.97 Å². The van der Waals surface area contributed by atoms with Gasteiger partial charge in [-0.05, 0) is 53.9 Å². The minimum Gasteiger partial charge on any atom is -0.493 e. The van der Waals surface area contributed by atoms with Crippen LogP contribution in [-0.4, -0.2) is 41.1 Å². The molecule has 6 rings (SSSR count). The van der Waals surface area contributed by atoms with E-state index < -0.39 is 18.1 Å². The van der Waals surface area contributed by atoms with Crippen molar-refractivity contribution in [2.45, 2.75) is 57.1 Å². The molecule has 7 heteroatoms. The first kappa shape index (κ1) is 25.4. The summed E-state index contributed by atoms with van der Waals surface area (Å²) < 4.78 is 18.3. The monoisotopic (exact) mass is 527 g/mol. The SMILES string of the molecule is COc1ccc2c(c1OCc1ccccc1)CC(C(=O)O)N(C(=O)C(OC1CCC3CC31)c1ccccc1)C2. The summed E-state index contributed by atoms with van der Waals surface area (Å²) in [6, 6.07) is 21.9. The van der Waals surface area contributed by atoms with Crippen LogP contribution >= 0.6 is 0 Å². The van der Waals surface area contributed by atoms with Crippen molar-refractivity contribution in [2.75, 3.05) is 7.11 Å². The summed E-state index contributed by atoms with van der Waals surface area (Å²) in [6.07, 6.45) is 2.54. The second-order valence-electron chi connectivity index (χ2n) is 10.7. The maximum absolute atomic E-state index is 14.1. The molecular weight excluding hydrogens is 494 g/mol. The van der Waals surface area contributed by atoms with Gasteiger partial charge < -0.3 is 24.2 Å². The molecule has 0 aromatic heterocycles. The van der Waals surface area contributed by atoms with E-state index in [-0.39, 0.29) is 25.0 Å². The Hall–Kier alpha value is -3.84. The summed E-state index contributed by atoms with van der Waals surface area (Å²) in [6.45, 7) is 0.474. The van der Waals surface area contributed by atoms with Gasteiger partial charge in [-0.1, -0.05) is 66.7 Å². The van der Waals surface area contributed by atoms with Crippen LogP contribution in [-0.2, 0) is 33.9 Å². The molecule has 39 heavy (non-hydrogen) atoms. The van der Waals surface area contributed by atoms with Crippen molar-refractivity contribution in [3.63, 3.8) is 0 Å². The lowest BCUT2D eigenvalue weighted by molar-refractivity contribution is -0.160. The Morgan fingerprint density at radius 1 is 1.00 bits per heavy atom. The van der Waals surface area contributed by atoms with Crippen molar-refractivity contribution in [1.82, 2.24) is 4.90 Å². The highest BCUT2D eigenvalue weighted by Crippen LogP contribution is 2.54. The van der Waals surface area contributed by atoms with Crippen LogP contribution in [0.4, 0.5) is 0 Å². The number of carbonyl (C=O) groups is 2. The van der Waals surface area contributed by atoms with E-state index in [1.165, 1.54) is 4.90 Å². The maximum atomic E-state index is 14.1. The van der Waals surface area contributed by atoms with Crippen molar-refractivity contribution in [3.8, 4) is 11.5 Å². The van der Waals surface area contributed by atoms with E-state index in [0.29, 0.717) is 29.9 Å². The molecule has 0 spiro atoms. The fraction of sp³-hybridized carbons (Fsp3) is 0.375. The number of carbonyl (C=O) groups excluding carboxylic acids is 1. The number of ether oxygens (including phenoxy) is 3. The van der Waals surface area contributed by atoms with Gasteiger partial charge in [-0.3, -0.25) is 4.79 Å². The lowest BCUT2D eigenvalue weighted by Crippen LogP contribution is -2.51. The van der Waals surface area contributed by atoms with E-state index in [9.17, 15) is 14.7 Å². The van der Waals surface area contributed by atoms with Crippen LogP contribution in [0.3, 0.4) is 0 Å². The number of nitrogens with zero attached hydrogens (tertiary/aromatic N) is 1. The minimum atomic E-state index is -1.05. The minimum absolute atomic E-state index is 0.0340. The normalized spacial score (nSPS) is 23.9. The molecule has 2 saturated carbocycles.